The molecule has 138 valence electrons. The number of anilines is 1. The number of aliphatic hydroxyl groups is 1. The topological polar surface area (TPSA) is 95.7 Å². The zero-order valence-electron chi connectivity index (χ0n) is 13.9. The zero-order chi connectivity index (χ0) is 18.8. The average molecular weight is 426 g/mol. The van der Waals surface area contributed by atoms with E-state index >= 15 is 0 Å². The number of nitrogens with zero attached hydrogens (tertiary/aromatic N) is 2. The Hall–Kier alpha value is -2.26. The number of aromatic nitrogens is 1. The molecule has 1 aliphatic rings. The molecule has 1 aromatic heterocycles. The van der Waals surface area contributed by atoms with Crippen molar-refractivity contribution in [1.82, 2.24) is 10.1 Å². The van der Waals surface area contributed by atoms with Gasteiger partial charge in [-0.05, 0) is 25.1 Å². The molecule has 2 N–H and O–H groups in total. The highest BCUT2D eigenvalue weighted by molar-refractivity contribution is 9.10. The summed E-state index contributed by atoms with van der Waals surface area (Å²) in [4.78, 5) is 26.3. The molecule has 9 heteroatoms. The van der Waals surface area contributed by atoms with Gasteiger partial charge in [-0.1, -0.05) is 21.1 Å². The van der Waals surface area contributed by atoms with Crippen molar-refractivity contribution in [3.8, 4) is 0 Å². The first kappa shape index (κ1) is 18.5. The Labute approximate surface area is 157 Å². The quantitative estimate of drug-likeness (QED) is 0.780. The molecule has 0 radical (unpaired) electrons. The van der Waals surface area contributed by atoms with Crippen LogP contribution in [-0.2, 0) is 16.0 Å². The van der Waals surface area contributed by atoms with Crippen LogP contribution in [0.5, 0.6) is 0 Å². The number of likely N-dealkylation sites (tertiary alicyclic amines) is 1. The number of carbonyl (C=O) groups excluding carboxylic acids is 2. The van der Waals surface area contributed by atoms with Crippen LogP contribution in [0.2, 0.25) is 0 Å². The van der Waals surface area contributed by atoms with Crippen LogP contribution in [0.15, 0.2) is 33.3 Å². The Balaban J connectivity index is 1.71. The van der Waals surface area contributed by atoms with Gasteiger partial charge < -0.3 is 19.8 Å². The zero-order valence-corrected chi connectivity index (χ0v) is 15.5. The molecule has 0 bridgehead atoms. The molecule has 1 saturated heterocycles. The third-order valence-corrected chi connectivity index (χ3v) is 4.59. The summed E-state index contributed by atoms with van der Waals surface area (Å²) in [5, 5.41) is 16.1. The van der Waals surface area contributed by atoms with Crippen LogP contribution in [0.1, 0.15) is 17.9 Å². The minimum absolute atomic E-state index is 0.0119. The summed E-state index contributed by atoms with van der Waals surface area (Å²) in [6.07, 6.45) is -0.796. The van der Waals surface area contributed by atoms with Crippen LogP contribution in [-0.4, -0.2) is 45.7 Å². The number of hydrogen-bond donors (Lipinski definition) is 2. The molecule has 7 nitrogen and oxygen atoms in total. The van der Waals surface area contributed by atoms with Gasteiger partial charge in [-0.2, -0.15) is 0 Å². The lowest BCUT2D eigenvalue weighted by molar-refractivity contribution is -0.136. The summed E-state index contributed by atoms with van der Waals surface area (Å²) >= 11 is 3.15. The SMILES string of the molecule is Cc1cc(CC(=O)N2C[C@H](O)C[C@H]2C(=O)Nc2ccc(Br)cc2F)on1. The minimum atomic E-state index is -0.885. The third kappa shape index (κ3) is 4.10. The molecule has 1 aliphatic heterocycles. The molecule has 0 saturated carbocycles. The maximum atomic E-state index is 13.9. The number of rotatable bonds is 4. The second-order valence-electron chi connectivity index (χ2n) is 6.18. The molecule has 1 fully saturated rings. The lowest BCUT2D eigenvalue weighted by Gasteiger charge is -2.23. The molecule has 2 atom stereocenters. The first-order valence-electron chi connectivity index (χ1n) is 7.99. The monoisotopic (exact) mass is 425 g/mol. The molecule has 0 aliphatic carbocycles. The highest BCUT2D eigenvalue weighted by Gasteiger charge is 2.39. The van der Waals surface area contributed by atoms with Gasteiger partial charge in [0.05, 0.1) is 23.9 Å². The summed E-state index contributed by atoms with van der Waals surface area (Å²) in [5.74, 6) is -1.13. The van der Waals surface area contributed by atoms with Crippen LogP contribution >= 0.6 is 15.9 Å². The van der Waals surface area contributed by atoms with Gasteiger partial charge in [-0.3, -0.25) is 9.59 Å². The van der Waals surface area contributed by atoms with Gasteiger partial charge in [0.15, 0.2) is 0 Å². The molecule has 1 aromatic carbocycles. The molecule has 0 unspecified atom stereocenters. The van der Waals surface area contributed by atoms with E-state index in [-0.39, 0.29) is 31.0 Å². The summed E-state index contributed by atoms with van der Waals surface area (Å²) < 4.78 is 19.5. The normalized spacial score (nSPS) is 19.6. The molecule has 2 heterocycles. The molecular formula is C17H17BrFN3O4. The van der Waals surface area contributed by atoms with E-state index in [9.17, 15) is 19.1 Å². The molecule has 0 spiro atoms. The molecule has 2 aromatic rings. The van der Waals surface area contributed by atoms with Crippen molar-refractivity contribution >= 4 is 33.4 Å². The van der Waals surface area contributed by atoms with Gasteiger partial charge in [-0.15, -0.1) is 0 Å². The Morgan fingerprint density at radius 3 is 2.88 bits per heavy atom. The summed E-state index contributed by atoms with van der Waals surface area (Å²) in [6, 6.07) is 5.00. The number of hydrogen-bond acceptors (Lipinski definition) is 5. The van der Waals surface area contributed by atoms with E-state index in [2.05, 4.69) is 26.4 Å². The van der Waals surface area contributed by atoms with Gasteiger partial charge in [0.1, 0.15) is 17.6 Å². The van der Waals surface area contributed by atoms with Crippen molar-refractivity contribution in [2.24, 2.45) is 0 Å². The third-order valence-electron chi connectivity index (χ3n) is 4.09. The van der Waals surface area contributed by atoms with Crippen molar-refractivity contribution in [3.63, 3.8) is 0 Å². The van der Waals surface area contributed by atoms with Gasteiger partial charge in [-0.25, -0.2) is 4.39 Å². The first-order chi connectivity index (χ1) is 12.3. The summed E-state index contributed by atoms with van der Waals surface area (Å²) in [5.41, 5.74) is 0.659. The van der Waals surface area contributed by atoms with E-state index in [4.69, 9.17) is 4.52 Å². The Morgan fingerprint density at radius 1 is 1.46 bits per heavy atom. The fourth-order valence-electron chi connectivity index (χ4n) is 2.90. The molecule has 3 rings (SSSR count). The van der Waals surface area contributed by atoms with Crippen molar-refractivity contribution in [3.05, 3.63) is 46.0 Å². The van der Waals surface area contributed by atoms with E-state index in [1.165, 1.54) is 17.0 Å². The van der Waals surface area contributed by atoms with E-state index in [0.717, 1.165) is 0 Å². The van der Waals surface area contributed by atoms with Crippen LogP contribution in [0, 0.1) is 12.7 Å². The van der Waals surface area contributed by atoms with Gasteiger partial charge in [0, 0.05) is 23.5 Å². The summed E-state index contributed by atoms with van der Waals surface area (Å²) in [7, 11) is 0. The first-order valence-corrected chi connectivity index (χ1v) is 8.78. The van der Waals surface area contributed by atoms with Gasteiger partial charge >= 0.3 is 0 Å². The highest BCUT2D eigenvalue weighted by atomic mass is 79.9. The average Bonchev–Trinajstić information content (AvgIpc) is 3.15. The van der Waals surface area contributed by atoms with Crippen LogP contribution < -0.4 is 5.32 Å². The number of aliphatic hydroxyl groups excluding tert-OH is 1. The lowest BCUT2D eigenvalue weighted by atomic mass is 10.1. The van der Waals surface area contributed by atoms with E-state index < -0.39 is 23.9 Å². The maximum absolute atomic E-state index is 13.9. The van der Waals surface area contributed by atoms with E-state index in [0.29, 0.717) is 15.9 Å². The number of carbonyl (C=O) groups is 2. The number of amides is 2. The fraction of sp³-hybridized carbons (Fsp3) is 0.353. The number of β-amino-alcohol motifs (C(OH)–C–C–N with tert-alkyl or cyclic N) is 1. The van der Waals surface area contributed by atoms with Crippen LogP contribution in [0.25, 0.3) is 0 Å². The van der Waals surface area contributed by atoms with Gasteiger partial charge in [0.2, 0.25) is 11.8 Å². The second kappa shape index (κ2) is 7.55. The van der Waals surface area contributed by atoms with E-state index in [1.54, 1.807) is 19.1 Å². The number of aryl methyl sites for hydroxylation is 1. The predicted octanol–water partition coefficient (Wildman–Crippen LogP) is 2.03. The second-order valence-corrected chi connectivity index (χ2v) is 7.09. The molecule has 26 heavy (non-hydrogen) atoms. The van der Waals surface area contributed by atoms with Crippen LogP contribution in [0.4, 0.5) is 10.1 Å². The van der Waals surface area contributed by atoms with Crippen LogP contribution in [0.3, 0.4) is 0 Å². The largest absolute Gasteiger partial charge is 0.391 e. The van der Waals surface area contributed by atoms with Crippen molar-refractivity contribution in [2.75, 3.05) is 11.9 Å². The number of nitrogens with one attached hydrogen (secondary N) is 1. The van der Waals surface area contributed by atoms with Gasteiger partial charge in [0.25, 0.3) is 0 Å². The van der Waals surface area contributed by atoms with Crippen molar-refractivity contribution in [2.45, 2.75) is 31.9 Å². The maximum Gasteiger partial charge on any atom is 0.247 e. The standard InChI is InChI=1S/C17H17BrFN3O4/c1-9-4-12(26-21-9)7-16(24)22-8-11(23)6-15(22)17(25)20-14-3-2-10(18)5-13(14)19/h2-5,11,15,23H,6-8H2,1H3,(H,20,25)/t11-,15+/m1/s1. The summed E-state index contributed by atoms with van der Waals surface area (Å²) in [6.45, 7) is 1.77. The van der Waals surface area contributed by atoms with Crippen molar-refractivity contribution in [1.29, 1.82) is 0 Å². The molecular weight excluding hydrogens is 409 g/mol. The highest BCUT2D eigenvalue weighted by Crippen LogP contribution is 2.24. The predicted molar refractivity (Wildman–Crippen MR) is 93.8 cm³/mol. The number of halogens is 2. The Morgan fingerprint density at radius 2 is 2.23 bits per heavy atom. The Kier molecular flexibility index (Phi) is 5.38. The van der Waals surface area contributed by atoms with E-state index in [1.807, 2.05) is 0 Å². The minimum Gasteiger partial charge on any atom is -0.391 e. The fourth-order valence-corrected chi connectivity index (χ4v) is 3.23. The molecule has 2 amide bonds. The van der Waals surface area contributed by atoms with Crippen molar-refractivity contribution < 1.29 is 23.6 Å². The Bertz CT molecular complexity index is 841. The number of benzene rings is 1. The lowest BCUT2D eigenvalue weighted by Crippen LogP contribution is -2.44. The smallest absolute Gasteiger partial charge is 0.247 e.